The zero-order chi connectivity index (χ0) is 14.2. The molecule has 1 N–H and O–H groups in total. The molecule has 1 aromatic rings. The molecule has 0 spiro atoms. The van der Waals surface area contributed by atoms with Gasteiger partial charge in [-0.1, -0.05) is 0 Å². The van der Waals surface area contributed by atoms with Gasteiger partial charge in [-0.2, -0.15) is 15.0 Å². The van der Waals surface area contributed by atoms with E-state index in [2.05, 4.69) is 25.2 Å². The molecule has 0 radical (unpaired) electrons. The fourth-order valence-electron chi connectivity index (χ4n) is 1.79. The molecular formula is C12H21N5O3. The fourth-order valence-corrected chi connectivity index (χ4v) is 1.79. The van der Waals surface area contributed by atoms with E-state index in [-0.39, 0.29) is 0 Å². The summed E-state index contributed by atoms with van der Waals surface area (Å²) in [6.45, 7) is 4.09. The maximum absolute atomic E-state index is 5.54. The molecule has 2 heterocycles. The lowest BCUT2D eigenvalue weighted by Crippen LogP contribution is -2.37. The average Bonchev–Trinajstić information content (AvgIpc) is 2.52. The van der Waals surface area contributed by atoms with Crippen molar-refractivity contribution in [2.75, 3.05) is 63.9 Å². The number of nitrogens with zero attached hydrogens (tertiary/aromatic N) is 4. The van der Waals surface area contributed by atoms with Gasteiger partial charge >= 0.3 is 6.01 Å². The first-order valence-corrected chi connectivity index (χ1v) is 6.71. The number of methoxy groups -OCH3 is 1. The summed E-state index contributed by atoms with van der Waals surface area (Å²) in [5.41, 5.74) is 0. The Morgan fingerprint density at radius 1 is 1.20 bits per heavy atom. The molecule has 0 unspecified atom stereocenters. The predicted molar refractivity (Wildman–Crippen MR) is 74.4 cm³/mol. The Morgan fingerprint density at radius 3 is 2.70 bits per heavy atom. The van der Waals surface area contributed by atoms with Gasteiger partial charge in [0.25, 0.3) is 0 Å². The average molecular weight is 283 g/mol. The van der Waals surface area contributed by atoms with Crippen molar-refractivity contribution in [1.82, 2.24) is 15.0 Å². The van der Waals surface area contributed by atoms with Gasteiger partial charge in [-0.25, -0.2) is 0 Å². The number of anilines is 2. The van der Waals surface area contributed by atoms with E-state index in [9.17, 15) is 0 Å². The van der Waals surface area contributed by atoms with Crippen molar-refractivity contribution in [2.45, 2.75) is 6.42 Å². The van der Waals surface area contributed by atoms with Crippen LogP contribution in [-0.2, 0) is 9.47 Å². The quantitative estimate of drug-likeness (QED) is 0.709. The van der Waals surface area contributed by atoms with Crippen molar-refractivity contribution in [2.24, 2.45) is 0 Å². The third kappa shape index (κ3) is 4.17. The third-order valence-corrected chi connectivity index (χ3v) is 2.84. The molecule has 2 rings (SSSR count). The highest BCUT2D eigenvalue weighted by Crippen LogP contribution is 2.16. The van der Waals surface area contributed by atoms with Crippen LogP contribution >= 0.6 is 0 Å². The minimum absolute atomic E-state index is 0.335. The second kappa shape index (κ2) is 7.81. The van der Waals surface area contributed by atoms with Gasteiger partial charge in [-0.3, -0.25) is 0 Å². The second-order valence-electron chi connectivity index (χ2n) is 4.29. The minimum atomic E-state index is 0.335. The predicted octanol–water partition coefficient (Wildman–Crippen LogP) is 0.165. The largest absolute Gasteiger partial charge is 0.463 e. The number of rotatable bonds is 7. The Labute approximate surface area is 118 Å². The number of ether oxygens (including phenoxy) is 3. The van der Waals surface area contributed by atoms with Gasteiger partial charge in [-0.05, 0) is 0 Å². The van der Waals surface area contributed by atoms with Crippen LogP contribution in [0, 0.1) is 0 Å². The van der Waals surface area contributed by atoms with E-state index < -0.39 is 0 Å². The molecule has 0 aliphatic carbocycles. The van der Waals surface area contributed by atoms with Crippen LogP contribution in [0.2, 0.25) is 0 Å². The summed E-state index contributed by atoms with van der Waals surface area (Å²) in [6, 6.07) is 0.335. The first-order valence-electron chi connectivity index (χ1n) is 6.71. The monoisotopic (exact) mass is 283 g/mol. The number of nitrogens with one attached hydrogen (secondary N) is 1. The van der Waals surface area contributed by atoms with Crippen LogP contribution in [-0.4, -0.2) is 68.6 Å². The van der Waals surface area contributed by atoms with Crippen molar-refractivity contribution in [3.05, 3.63) is 0 Å². The third-order valence-electron chi connectivity index (χ3n) is 2.84. The van der Waals surface area contributed by atoms with Gasteiger partial charge in [0.15, 0.2) is 0 Å². The standard InChI is InChI=1S/C12H21N5O3/c1-13-10-14-11(17-4-8-19-9-5-17)16-12(15-10)20-7-3-6-18-2/h3-9H2,1-2H3,(H,13,14,15,16). The van der Waals surface area contributed by atoms with Crippen molar-refractivity contribution < 1.29 is 14.2 Å². The molecule has 1 aromatic heterocycles. The van der Waals surface area contributed by atoms with Gasteiger partial charge in [0.2, 0.25) is 11.9 Å². The van der Waals surface area contributed by atoms with Crippen LogP contribution < -0.4 is 15.0 Å². The normalized spacial score (nSPS) is 15.2. The Hall–Kier alpha value is -1.67. The van der Waals surface area contributed by atoms with Gasteiger partial charge in [0, 0.05) is 40.3 Å². The van der Waals surface area contributed by atoms with E-state index in [1.165, 1.54) is 0 Å². The van der Waals surface area contributed by atoms with E-state index >= 15 is 0 Å². The lowest BCUT2D eigenvalue weighted by atomic mass is 10.4. The fraction of sp³-hybridized carbons (Fsp3) is 0.750. The lowest BCUT2D eigenvalue weighted by molar-refractivity contribution is 0.122. The number of aromatic nitrogens is 3. The molecule has 0 saturated carbocycles. The lowest BCUT2D eigenvalue weighted by Gasteiger charge is -2.26. The van der Waals surface area contributed by atoms with Gasteiger partial charge < -0.3 is 24.4 Å². The van der Waals surface area contributed by atoms with Crippen LogP contribution in [0.5, 0.6) is 6.01 Å². The molecule has 8 nitrogen and oxygen atoms in total. The number of hydrogen-bond acceptors (Lipinski definition) is 8. The smallest absolute Gasteiger partial charge is 0.323 e. The van der Waals surface area contributed by atoms with Crippen molar-refractivity contribution >= 4 is 11.9 Å². The summed E-state index contributed by atoms with van der Waals surface area (Å²) in [5, 5.41) is 2.92. The Bertz CT molecular complexity index is 412. The molecule has 0 bridgehead atoms. The molecular weight excluding hydrogens is 262 g/mol. The molecule has 0 atom stereocenters. The first kappa shape index (κ1) is 14.7. The highest BCUT2D eigenvalue weighted by atomic mass is 16.5. The van der Waals surface area contributed by atoms with Gasteiger partial charge in [0.1, 0.15) is 0 Å². The summed E-state index contributed by atoms with van der Waals surface area (Å²) in [7, 11) is 3.44. The maximum Gasteiger partial charge on any atom is 0.323 e. The summed E-state index contributed by atoms with van der Waals surface area (Å²) in [6.07, 6.45) is 0.796. The van der Waals surface area contributed by atoms with Crippen LogP contribution in [0.25, 0.3) is 0 Å². The van der Waals surface area contributed by atoms with Crippen LogP contribution in [0.15, 0.2) is 0 Å². The summed E-state index contributed by atoms with van der Waals surface area (Å²) in [4.78, 5) is 15.0. The number of morpholine rings is 1. The number of hydrogen-bond donors (Lipinski definition) is 1. The highest BCUT2D eigenvalue weighted by molar-refractivity contribution is 5.38. The van der Waals surface area contributed by atoms with Crippen LogP contribution in [0.1, 0.15) is 6.42 Å². The molecule has 1 aliphatic rings. The molecule has 1 fully saturated rings. The van der Waals surface area contributed by atoms with E-state index in [4.69, 9.17) is 14.2 Å². The van der Waals surface area contributed by atoms with Crippen LogP contribution in [0.3, 0.4) is 0 Å². The SMILES string of the molecule is CNc1nc(OCCCOC)nc(N2CCOCC2)n1. The second-order valence-corrected chi connectivity index (χ2v) is 4.29. The van der Waals surface area contributed by atoms with E-state index in [0.717, 1.165) is 19.5 Å². The van der Waals surface area contributed by atoms with Gasteiger partial charge in [-0.15, -0.1) is 0 Å². The Kier molecular flexibility index (Phi) is 5.75. The Balaban J connectivity index is 2.03. The topological polar surface area (TPSA) is 81.6 Å². The van der Waals surface area contributed by atoms with E-state index in [0.29, 0.717) is 44.3 Å². The molecule has 20 heavy (non-hydrogen) atoms. The van der Waals surface area contributed by atoms with Gasteiger partial charge in [0.05, 0.1) is 19.8 Å². The molecule has 0 amide bonds. The summed E-state index contributed by atoms with van der Waals surface area (Å²) >= 11 is 0. The summed E-state index contributed by atoms with van der Waals surface area (Å²) < 4.78 is 15.8. The minimum Gasteiger partial charge on any atom is -0.463 e. The first-order chi connectivity index (χ1) is 9.83. The van der Waals surface area contributed by atoms with E-state index in [1.807, 2.05) is 0 Å². The molecule has 112 valence electrons. The molecule has 0 aromatic carbocycles. The molecule has 1 saturated heterocycles. The highest BCUT2D eigenvalue weighted by Gasteiger charge is 2.16. The van der Waals surface area contributed by atoms with Crippen LogP contribution in [0.4, 0.5) is 11.9 Å². The zero-order valence-corrected chi connectivity index (χ0v) is 12.0. The molecule has 8 heteroatoms. The van der Waals surface area contributed by atoms with Crippen molar-refractivity contribution in [3.63, 3.8) is 0 Å². The zero-order valence-electron chi connectivity index (χ0n) is 12.0. The van der Waals surface area contributed by atoms with E-state index in [1.54, 1.807) is 14.2 Å². The Morgan fingerprint density at radius 2 is 2.00 bits per heavy atom. The summed E-state index contributed by atoms with van der Waals surface area (Å²) in [5.74, 6) is 1.12. The van der Waals surface area contributed by atoms with Crippen molar-refractivity contribution in [3.8, 4) is 6.01 Å². The molecule has 1 aliphatic heterocycles. The van der Waals surface area contributed by atoms with Crippen molar-refractivity contribution in [1.29, 1.82) is 0 Å². The maximum atomic E-state index is 5.54.